The van der Waals surface area contributed by atoms with Crippen molar-refractivity contribution in [3.8, 4) is 0 Å². The summed E-state index contributed by atoms with van der Waals surface area (Å²) in [6.07, 6.45) is 8.26. The van der Waals surface area contributed by atoms with Crippen LogP contribution in [0.15, 0.2) is 73.1 Å². The third-order valence-corrected chi connectivity index (χ3v) is 5.28. The predicted molar refractivity (Wildman–Crippen MR) is 116 cm³/mol. The van der Waals surface area contributed by atoms with E-state index in [1.54, 1.807) is 17.3 Å². The van der Waals surface area contributed by atoms with Crippen LogP contribution in [0, 0.1) is 0 Å². The third-order valence-electron chi connectivity index (χ3n) is 5.28. The standard InChI is InChI=1S/C24H26N4O/c29-24(22-17-26-23(18-25-22)27-15-9-1-2-10-16-27)28(21-13-7-4-8-14-21)19-20-11-5-3-6-12-20/h3-8,11-14,17-18H,1-2,9-10,15-16,19H2. The maximum atomic E-state index is 13.3. The predicted octanol–water partition coefficient (Wildman–Crippen LogP) is 4.70. The lowest BCUT2D eigenvalue weighted by Gasteiger charge is -2.24. The molecule has 1 amide bonds. The topological polar surface area (TPSA) is 49.3 Å². The lowest BCUT2D eigenvalue weighted by Crippen LogP contribution is -2.31. The second kappa shape index (κ2) is 9.32. The number of benzene rings is 2. The average Bonchev–Trinajstić information content (AvgIpc) is 3.08. The van der Waals surface area contributed by atoms with Gasteiger partial charge in [-0.2, -0.15) is 0 Å². The molecule has 5 heteroatoms. The van der Waals surface area contributed by atoms with E-state index >= 15 is 0 Å². The summed E-state index contributed by atoms with van der Waals surface area (Å²) in [7, 11) is 0. The zero-order chi connectivity index (χ0) is 19.9. The molecule has 0 bridgehead atoms. The van der Waals surface area contributed by atoms with Gasteiger partial charge in [0.2, 0.25) is 0 Å². The molecule has 5 nitrogen and oxygen atoms in total. The molecule has 2 heterocycles. The van der Waals surface area contributed by atoms with Crippen LogP contribution in [0.4, 0.5) is 11.5 Å². The highest BCUT2D eigenvalue weighted by Gasteiger charge is 2.20. The van der Waals surface area contributed by atoms with Gasteiger partial charge >= 0.3 is 0 Å². The van der Waals surface area contributed by atoms with E-state index in [0.717, 1.165) is 30.2 Å². The molecule has 0 N–H and O–H groups in total. The zero-order valence-corrected chi connectivity index (χ0v) is 16.6. The molecule has 0 radical (unpaired) electrons. The van der Waals surface area contributed by atoms with Gasteiger partial charge in [0, 0.05) is 18.8 Å². The highest BCUT2D eigenvalue weighted by atomic mass is 16.2. The summed E-state index contributed by atoms with van der Waals surface area (Å²) < 4.78 is 0. The second-order valence-electron chi connectivity index (χ2n) is 7.37. The fraction of sp³-hybridized carbons (Fsp3) is 0.292. The number of aromatic nitrogens is 2. The minimum Gasteiger partial charge on any atom is -0.355 e. The van der Waals surface area contributed by atoms with Crippen molar-refractivity contribution in [2.24, 2.45) is 0 Å². The van der Waals surface area contributed by atoms with E-state index in [0.29, 0.717) is 12.2 Å². The molecule has 4 rings (SSSR count). The molecule has 2 aromatic carbocycles. The summed E-state index contributed by atoms with van der Waals surface area (Å²) in [5.74, 6) is 0.715. The first-order chi connectivity index (χ1) is 14.3. The lowest BCUT2D eigenvalue weighted by molar-refractivity contribution is 0.0980. The molecule has 0 atom stereocenters. The monoisotopic (exact) mass is 386 g/mol. The first-order valence-corrected chi connectivity index (χ1v) is 10.3. The molecule has 0 aliphatic carbocycles. The maximum Gasteiger partial charge on any atom is 0.278 e. The number of carbonyl (C=O) groups excluding carboxylic acids is 1. The number of nitrogens with zero attached hydrogens (tertiary/aromatic N) is 4. The Bertz CT molecular complexity index is 905. The fourth-order valence-corrected chi connectivity index (χ4v) is 3.69. The van der Waals surface area contributed by atoms with Crippen LogP contribution in [-0.4, -0.2) is 29.0 Å². The van der Waals surface area contributed by atoms with Crippen LogP contribution >= 0.6 is 0 Å². The Morgan fingerprint density at radius 2 is 1.48 bits per heavy atom. The van der Waals surface area contributed by atoms with Crippen LogP contribution in [0.5, 0.6) is 0 Å². The number of rotatable bonds is 5. The molecular weight excluding hydrogens is 360 g/mol. The van der Waals surface area contributed by atoms with Gasteiger partial charge in [0.1, 0.15) is 11.5 Å². The van der Waals surface area contributed by atoms with E-state index in [2.05, 4.69) is 14.9 Å². The number of hydrogen-bond acceptors (Lipinski definition) is 4. The van der Waals surface area contributed by atoms with Gasteiger partial charge in [-0.05, 0) is 30.5 Å². The van der Waals surface area contributed by atoms with E-state index in [-0.39, 0.29) is 5.91 Å². The molecule has 1 aliphatic rings. The zero-order valence-electron chi connectivity index (χ0n) is 16.6. The van der Waals surface area contributed by atoms with Crippen LogP contribution in [0.25, 0.3) is 0 Å². The van der Waals surface area contributed by atoms with Crippen molar-refractivity contribution >= 4 is 17.4 Å². The molecule has 1 fully saturated rings. The summed E-state index contributed by atoms with van der Waals surface area (Å²) >= 11 is 0. The number of amides is 1. The normalized spacial score (nSPS) is 14.3. The molecule has 0 unspecified atom stereocenters. The van der Waals surface area contributed by atoms with Gasteiger partial charge in [-0.1, -0.05) is 61.4 Å². The highest BCUT2D eigenvalue weighted by molar-refractivity contribution is 6.04. The SMILES string of the molecule is O=C(c1cnc(N2CCCCCC2)cn1)N(Cc1ccccc1)c1ccccc1. The number of hydrogen-bond donors (Lipinski definition) is 0. The van der Waals surface area contributed by atoms with Crippen molar-refractivity contribution in [3.63, 3.8) is 0 Å². The van der Waals surface area contributed by atoms with Crippen molar-refractivity contribution in [1.82, 2.24) is 9.97 Å². The van der Waals surface area contributed by atoms with Crippen LogP contribution in [0.1, 0.15) is 41.7 Å². The summed E-state index contributed by atoms with van der Waals surface area (Å²) in [6, 6.07) is 19.7. The van der Waals surface area contributed by atoms with Crippen molar-refractivity contribution < 1.29 is 4.79 Å². The van der Waals surface area contributed by atoms with Crippen molar-refractivity contribution in [2.45, 2.75) is 32.2 Å². The van der Waals surface area contributed by atoms with E-state index in [1.807, 2.05) is 60.7 Å². The molecule has 148 valence electrons. The second-order valence-corrected chi connectivity index (χ2v) is 7.37. The van der Waals surface area contributed by atoms with Gasteiger partial charge in [-0.25, -0.2) is 9.97 Å². The summed E-state index contributed by atoms with van der Waals surface area (Å²) in [6.45, 7) is 2.50. The van der Waals surface area contributed by atoms with Gasteiger partial charge in [0.15, 0.2) is 0 Å². The maximum absolute atomic E-state index is 13.3. The molecular formula is C24H26N4O. The Labute approximate surface area is 172 Å². The van der Waals surface area contributed by atoms with E-state index in [1.165, 1.54) is 25.7 Å². The van der Waals surface area contributed by atoms with E-state index < -0.39 is 0 Å². The van der Waals surface area contributed by atoms with Gasteiger partial charge in [0.05, 0.1) is 18.9 Å². The van der Waals surface area contributed by atoms with Crippen LogP contribution in [-0.2, 0) is 6.54 Å². The van der Waals surface area contributed by atoms with Crippen LogP contribution < -0.4 is 9.80 Å². The molecule has 1 aliphatic heterocycles. The molecule has 1 aromatic heterocycles. The third kappa shape index (κ3) is 4.80. The average molecular weight is 386 g/mol. The first-order valence-electron chi connectivity index (χ1n) is 10.3. The lowest BCUT2D eigenvalue weighted by atomic mass is 10.2. The van der Waals surface area contributed by atoms with Crippen LogP contribution in [0.3, 0.4) is 0 Å². The van der Waals surface area contributed by atoms with Crippen molar-refractivity contribution in [2.75, 3.05) is 22.9 Å². The van der Waals surface area contributed by atoms with Crippen molar-refractivity contribution in [1.29, 1.82) is 0 Å². The Balaban J connectivity index is 1.57. The van der Waals surface area contributed by atoms with Gasteiger partial charge in [0.25, 0.3) is 5.91 Å². The van der Waals surface area contributed by atoms with Gasteiger partial charge in [-0.15, -0.1) is 0 Å². The van der Waals surface area contributed by atoms with E-state index in [4.69, 9.17) is 0 Å². The number of para-hydroxylation sites is 1. The molecule has 3 aromatic rings. The quantitative estimate of drug-likeness (QED) is 0.637. The Morgan fingerprint density at radius 1 is 0.828 bits per heavy atom. The molecule has 0 spiro atoms. The Hall–Kier alpha value is -3.21. The Morgan fingerprint density at radius 3 is 2.10 bits per heavy atom. The summed E-state index contributed by atoms with van der Waals surface area (Å²) in [4.78, 5) is 26.4. The van der Waals surface area contributed by atoms with Gasteiger partial charge < -0.3 is 9.80 Å². The fourth-order valence-electron chi connectivity index (χ4n) is 3.69. The smallest absolute Gasteiger partial charge is 0.278 e. The minimum absolute atomic E-state index is 0.144. The van der Waals surface area contributed by atoms with E-state index in [9.17, 15) is 4.79 Å². The molecule has 1 saturated heterocycles. The first kappa shape index (κ1) is 19.1. The Kier molecular flexibility index (Phi) is 6.15. The number of anilines is 2. The highest BCUT2D eigenvalue weighted by Crippen LogP contribution is 2.21. The number of carbonyl (C=O) groups is 1. The van der Waals surface area contributed by atoms with Crippen LogP contribution in [0.2, 0.25) is 0 Å². The molecule has 29 heavy (non-hydrogen) atoms. The summed E-state index contributed by atoms with van der Waals surface area (Å²) in [5.41, 5.74) is 2.28. The molecule has 0 saturated carbocycles. The van der Waals surface area contributed by atoms with Crippen molar-refractivity contribution in [3.05, 3.63) is 84.3 Å². The van der Waals surface area contributed by atoms with Gasteiger partial charge in [-0.3, -0.25) is 4.79 Å². The minimum atomic E-state index is -0.144. The largest absolute Gasteiger partial charge is 0.355 e. The summed E-state index contributed by atoms with van der Waals surface area (Å²) in [5, 5.41) is 0.